The summed E-state index contributed by atoms with van der Waals surface area (Å²) in [6, 6.07) is 1.88. The molecule has 0 unspecified atom stereocenters. The molecule has 2 aromatic heterocycles. The minimum Gasteiger partial charge on any atom is -0.444 e. The second-order valence-corrected chi connectivity index (χ2v) is 7.81. The summed E-state index contributed by atoms with van der Waals surface area (Å²) in [5.41, 5.74) is 1.07. The van der Waals surface area contributed by atoms with Crippen molar-refractivity contribution in [3.05, 3.63) is 22.6 Å². The van der Waals surface area contributed by atoms with E-state index in [1.165, 1.54) is 4.90 Å². The van der Waals surface area contributed by atoms with Crippen LogP contribution in [-0.4, -0.2) is 57.9 Å². The molecule has 0 aromatic carbocycles. The van der Waals surface area contributed by atoms with Crippen LogP contribution in [0.25, 0.3) is 11.2 Å². The highest BCUT2D eigenvalue weighted by Crippen LogP contribution is 2.24. The van der Waals surface area contributed by atoms with Gasteiger partial charge in [-0.15, -0.1) is 0 Å². The van der Waals surface area contributed by atoms with E-state index in [9.17, 15) is 4.79 Å². The van der Waals surface area contributed by atoms with E-state index >= 15 is 0 Å². The van der Waals surface area contributed by atoms with Crippen LogP contribution in [0.5, 0.6) is 0 Å². The molecule has 0 saturated heterocycles. The largest absolute Gasteiger partial charge is 0.444 e. The topological polar surface area (TPSA) is 69.5 Å². The lowest BCUT2D eigenvalue weighted by Crippen LogP contribution is -2.40. The van der Waals surface area contributed by atoms with Crippen molar-refractivity contribution >= 4 is 33.2 Å². The van der Waals surface area contributed by atoms with Gasteiger partial charge in [0.2, 0.25) is 0 Å². The molecule has 8 heteroatoms. The van der Waals surface area contributed by atoms with E-state index in [2.05, 4.69) is 25.9 Å². The molecular weight excluding hydrogens is 388 g/mol. The average Bonchev–Trinajstić information content (AvgIpc) is 2.81. The lowest BCUT2D eigenvalue weighted by Gasteiger charge is -2.27. The van der Waals surface area contributed by atoms with Gasteiger partial charge in [-0.1, -0.05) is 0 Å². The highest BCUT2D eigenvalue weighted by Gasteiger charge is 2.23. The first kappa shape index (κ1) is 19.7. The van der Waals surface area contributed by atoms with Gasteiger partial charge in [0.15, 0.2) is 5.65 Å². The molecule has 25 heavy (non-hydrogen) atoms. The van der Waals surface area contributed by atoms with Gasteiger partial charge >= 0.3 is 6.09 Å². The fraction of sp³-hybridized carbons (Fsp3) is 0.588. The first-order chi connectivity index (χ1) is 11.6. The fourth-order valence-electron chi connectivity index (χ4n) is 2.48. The molecule has 2 aromatic rings. The number of amides is 1. The van der Waals surface area contributed by atoms with E-state index in [0.717, 1.165) is 15.8 Å². The van der Waals surface area contributed by atoms with Crippen LogP contribution < -0.4 is 0 Å². The Labute approximate surface area is 156 Å². The number of aromatic nitrogens is 3. The molecule has 0 aliphatic heterocycles. The summed E-state index contributed by atoms with van der Waals surface area (Å²) in [7, 11) is 3.34. The summed E-state index contributed by atoms with van der Waals surface area (Å²) in [5, 5.41) is 0. The summed E-state index contributed by atoms with van der Waals surface area (Å²) < 4.78 is 13.9. The zero-order valence-corrected chi connectivity index (χ0v) is 17.1. The van der Waals surface area contributed by atoms with Crippen LogP contribution in [0.2, 0.25) is 0 Å². The number of methoxy groups -OCH3 is 1. The first-order valence-corrected chi connectivity index (χ1v) is 8.86. The monoisotopic (exact) mass is 412 g/mol. The minimum absolute atomic E-state index is 0.208. The molecule has 0 aliphatic rings. The van der Waals surface area contributed by atoms with E-state index < -0.39 is 5.60 Å². The number of ether oxygens (including phenoxy) is 2. The third kappa shape index (κ3) is 4.92. The first-order valence-electron chi connectivity index (χ1n) is 8.06. The van der Waals surface area contributed by atoms with Gasteiger partial charge in [0.25, 0.3) is 0 Å². The summed E-state index contributed by atoms with van der Waals surface area (Å²) in [4.78, 5) is 22.5. The number of imidazole rings is 1. The van der Waals surface area contributed by atoms with Crippen molar-refractivity contribution < 1.29 is 14.3 Å². The standard InChI is InChI=1S/C17H25BrN4O3/c1-11-20-15-14(13(18)7-8-19-15)22(11)10-12(24-6)9-21(5)16(23)25-17(2,3)4/h7-8,12H,9-10H2,1-6H3/t12-/m0/s1. The van der Waals surface area contributed by atoms with Gasteiger partial charge in [-0.2, -0.15) is 0 Å². The summed E-state index contributed by atoms with van der Waals surface area (Å²) >= 11 is 3.55. The number of fused-ring (bicyclic) bond motifs is 1. The van der Waals surface area contributed by atoms with Gasteiger partial charge in [-0.25, -0.2) is 14.8 Å². The normalized spacial score (nSPS) is 13.1. The molecular formula is C17H25BrN4O3. The zero-order valence-electron chi connectivity index (χ0n) is 15.5. The van der Waals surface area contributed by atoms with Crippen molar-refractivity contribution in [1.82, 2.24) is 19.4 Å². The molecule has 0 radical (unpaired) electrons. The van der Waals surface area contributed by atoms with Crippen molar-refractivity contribution in [3.8, 4) is 0 Å². The molecule has 0 saturated carbocycles. The Hall–Kier alpha value is -1.67. The molecule has 138 valence electrons. The number of nitrogens with zero attached hydrogens (tertiary/aromatic N) is 4. The maximum Gasteiger partial charge on any atom is 0.410 e. The van der Waals surface area contributed by atoms with Crippen LogP contribution in [0.3, 0.4) is 0 Å². The van der Waals surface area contributed by atoms with E-state index in [1.807, 2.05) is 38.3 Å². The fourth-order valence-corrected chi connectivity index (χ4v) is 2.99. The van der Waals surface area contributed by atoms with Crippen LogP contribution >= 0.6 is 15.9 Å². The predicted octanol–water partition coefficient (Wildman–Crippen LogP) is 3.38. The number of carbonyl (C=O) groups is 1. The number of rotatable bonds is 5. The number of hydrogen-bond acceptors (Lipinski definition) is 5. The van der Waals surface area contributed by atoms with E-state index in [1.54, 1.807) is 20.4 Å². The van der Waals surface area contributed by atoms with Crippen LogP contribution in [0.1, 0.15) is 26.6 Å². The Morgan fingerprint density at radius 2 is 2.12 bits per heavy atom. The van der Waals surface area contributed by atoms with E-state index in [-0.39, 0.29) is 12.2 Å². The molecule has 7 nitrogen and oxygen atoms in total. The maximum atomic E-state index is 12.2. The Bertz CT molecular complexity index is 754. The smallest absolute Gasteiger partial charge is 0.410 e. The van der Waals surface area contributed by atoms with Crippen molar-refractivity contribution in [2.24, 2.45) is 0 Å². The van der Waals surface area contributed by atoms with Crippen LogP contribution in [-0.2, 0) is 16.0 Å². The number of halogens is 1. The maximum absolute atomic E-state index is 12.2. The Kier molecular flexibility index (Phi) is 6.05. The molecule has 0 fully saturated rings. The van der Waals surface area contributed by atoms with Gasteiger partial charge in [0.1, 0.15) is 16.9 Å². The lowest BCUT2D eigenvalue weighted by atomic mass is 10.2. The Morgan fingerprint density at radius 1 is 1.44 bits per heavy atom. The molecule has 2 rings (SSSR count). The second-order valence-electron chi connectivity index (χ2n) is 6.95. The van der Waals surface area contributed by atoms with Gasteiger partial charge in [-0.05, 0) is 49.7 Å². The van der Waals surface area contributed by atoms with Crippen LogP contribution in [0.4, 0.5) is 4.79 Å². The van der Waals surface area contributed by atoms with Crippen molar-refractivity contribution in [2.75, 3.05) is 20.7 Å². The van der Waals surface area contributed by atoms with Gasteiger partial charge in [0, 0.05) is 24.8 Å². The van der Waals surface area contributed by atoms with Crippen molar-refractivity contribution in [1.29, 1.82) is 0 Å². The number of pyridine rings is 1. The second kappa shape index (κ2) is 7.70. The number of carbonyl (C=O) groups excluding carboxylic acids is 1. The van der Waals surface area contributed by atoms with Crippen molar-refractivity contribution in [2.45, 2.75) is 45.9 Å². The zero-order chi connectivity index (χ0) is 18.8. The Morgan fingerprint density at radius 3 is 2.72 bits per heavy atom. The van der Waals surface area contributed by atoms with E-state index in [0.29, 0.717) is 18.7 Å². The summed E-state index contributed by atoms with van der Waals surface area (Å²) in [5.74, 6) is 0.844. The number of aryl methyl sites for hydroxylation is 1. The van der Waals surface area contributed by atoms with Gasteiger partial charge < -0.3 is 18.9 Å². The van der Waals surface area contributed by atoms with E-state index in [4.69, 9.17) is 9.47 Å². The lowest BCUT2D eigenvalue weighted by molar-refractivity contribution is 0.0116. The third-order valence-corrected chi connectivity index (χ3v) is 4.33. The number of hydrogen-bond donors (Lipinski definition) is 0. The van der Waals surface area contributed by atoms with Crippen LogP contribution in [0, 0.1) is 6.92 Å². The van der Waals surface area contributed by atoms with Gasteiger partial charge in [0.05, 0.1) is 19.2 Å². The predicted molar refractivity (Wildman–Crippen MR) is 99.6 cm³/mol. The molecule has 2 heterocycles. The molecule has 1 amide bonds. The number of likely N-dealkylation sites (N-methyl/N-ethyl adjacent to an activating group) is 1. The van der Waals surface area contributed by atoms with Crippen LogP contribution in [0.15, 0.2) is 16.7 Å². The summed E-state index contributed by atoms with van der Waals surface area (Å²) in [6.45, 7) is 8.42. The minimum atomic E-state index is -0.526. The SMILES string of the molecule is CO[C@@H](CN(C)C(=O)OC(C)(C)C)Cn1c(C)nc2nccc(Br)c21. The molecule has 0 bridgehead atoms. The van der Waals surface area contributed by atoms with Gasteiger partial charge in [-0.3, -0.25) is 0 Å². The highest BCUT2D eigenvalue weighted by atomic mass is 79.9. The average molecular weight is 413 g/mol. The third-order valence-electron chi connectivity index (χ3n) is 3.69. The molecule has 1 atom stereocenters. The summed E-state index contributed by atoms with van der Waals surface area (Å²) in [6.07, 6.45) is 1.14. The Balaban J connectivity index is 2.15. The highest BCUT2D eigenvalue weighted by molar-refractivity contribution is 9.10. The molecule has 0 spiro atoms. The molecule has 0 aliphatic carbocycles. The molecule has 0 N–H and O–H groups in total. The quantitative estimate of drug-likeness (QED) is 0.752. The van der Waals surface area contributed by atoms with Crippen molar-refractivity contribution in [3.63, 3.8) is 0 Å².